The Labute approximate surface area is 78.4 Å². The summed E-state index contributed by atoms with van der Waals surface area (Å²) >= 11 is 0. The summed E-state index contributed by atoms with van der Waals surface area (Å²) in [5.41, 5.74) is -0.428. The van der Waals surface area contributed by atoms with Crippen LogP contribution in [0.5, 0.6) is 0 Å². The Morgan fingerprint density at radius 3 is 2.64 bits per heavy atom. The Balaban J connectivity index is 2.82. The SMILES string of the molecule is Cn1ncc2cccc([B-](F)(F)F)c21. The first kappa shape index (κ1) is 9.11. The minimum absolute atomic E-state index is 0.153. The monoisotopic (exact) mass is 199 g/mol. The van der Waals surface area contributed by atoms with E-state index in [9.17, 15) is 12.9 Å². The van der Waals surface area contributed by atoms with Crippen molar-refractivity contribution in [3.8, 4) is 0 Å². The molecule has 0 radical (unpaired) electrons. The maximum Gasteiger partial charge on any atom is 0.511 e. The van der Waals surface area contributed by atoms with E-state index in [1.165, 1.54) is 24.0 Å². The minimum atomic E-state index is -4.97. The van der Waals surface area contributed by atoms with Crippen molar-refractivity contribution in [2.45, 2.75) is 0 Å². The van der Waals surface area contributed by atoms with Crippen LogP contribution in [0.3, 0.4) is 0 Å². The van der Waals surface area contributed by atoms with Crippen molar-refractivity contribution in [2.75, 3.05) is 0 Å². The second-order valence-corrected chi connectivity index (χ2v) is 3.13. The number of rotatable bonds is 1. The largest absolute Gasteiger partial charge is 0.511 e. The zero-order valence-electron chi connectivity index (χ0n) is 7.42. The van der Waals surface area contributed by atoms with Gasteiger partial charge in [-0.1, -0.05) is 23.7 Å². The van der Waals surface area contributed by atoms with E-state index in [0.717, 1.165) is 6.07 Å². The van der Waals surface area contributed by atoms with E-state index in [1.54, 1.807) is 6.07 Å². The van der Waals surface area contributed by atoms with E-state index in [1.807, 2.05) is 0 Å². The third-order valence-corrected chi connectivity index (χ3v) is 2.14. The van der Waals surface area contributed by atoms with Crippen LogP contribution in [0.25, 0.3) is 10.9 Å². The first-order chi connectivity index (χ1) is 6.50. The number of hydrogen-bond donors (Lipinski definition) is 0. The van der Waals surface area contributed by atoms with Gasteiger partial charge in [-0.3, -0.25) is 4.68 Å². The number of fused-ring (bicyclic) bond motifs is 1. The molecule has 0 unspecified atom stereocenters. The number of nitrogens with zero attached hydrogens (tertiary/aromatic N) is 2. The number of halogens is 3. The lowest BCUT2D eigenvalue weighted by Crippen LogP contribution is -2.35. The molecule has 0 N–H and O–H groups in total. The van der Waals surface area contributed by atoms with Crippen molar-refractivity contribution in [1.29, 1.82) is 0 Å². The molecule has 0 aliphatic heterocycles. The summed E-state index contributed by atoms with van der Waals surface area (Å²) in [6.45, 7) is -4.97. The molecule has 0 aliphatic carbocycles. The number of para-hydroxylation sites is 1. The van der Waals surface area contributed by atoms with Gasteiger partial charge < -0.3 is 12.9 Å². The molecule has 0 saturated heterocycles. The van der Waals surface area contributed by atoms with Gasteiger partial charge in [0.1, 0.15) is 0 Å². The second-order valence-electron chi connectivity index (χ2n) is 3.13. The number of aromatic nitrogens is 2. The van der Waals surface area contributed by atoms with Gasteiger partial charge in [0.15, 0.2) is 0 Å². The van der Waals surface area contributed by atoms with Gasteiger partial charge in [0.05, 0.1) is 6.20 Å². The van der Waals surface area contributed by atoms with Gasteiger partial charge in [0, 0.05) is 18.0 Å². The zero-order valence-corrected chi connectivity index (χ0v) is 7.42. The fourth-order valence-electron chi connectivity index (χ4n) is 1.53. The molecule has 0 bridgehead atoms. The van der Waals surface area contributed by atoms with Gasteiger partial charge in [-0.15, -0.1) is 0 Å². The molecule has 2 nitrogen and oxygen atoms in total. The highest BCUT2D eigenvalue weighted by Gasteiger charge is 2.28. The zero-order chi connectivity index (χ0) is 10.3. The maximum absolute atomic E-state index is 12.6. The Kier molecular flexibility index (Phi) is 1.80. The molecule has 74 valence electrons. The van der Waals surface area contributed by atoms with Gasteiger partial charge in [0.2, 0.25) is 0 Å². The van der Waals surface area contributed by atoms with Crippen LogP contribution in [-0.2, 0) is 7.05 Å². The third kappa shape index (κ3) is 1.27. The molecule has 0 aliphatic rings. The highest BCUT2D eigenvalue weighted by atomic mass is 19.4. The molecule has 1 aromatic heterocycles. The summed E-state index contributed by atoms with van der Waals surface area (Å²) in [4.78, 5) is 0. The van der Waals surface area contributed by atoms with E-state index < -0.39 is 12.4 Å². The highest BCUT2D eigenvalue weighted by Crippen LogP contribution is 2.17. The summed E-state index contributed by atoms with van der Waals surface area (Å²) in [7, 11) is 1.51. The molecule has 6 heteroatoms. The van der Waals surface area contributed by atoms with Crippen LogP contribution in [-0.4, -0.2) is 16.8 Å². The number of aryl methyl sites for hydroxylation is 1. The molecule has 2 aromatic rings. The Morgan fingerprint density at radius 2 is 2.00 bits per heavy atom. The fourth-order valence-corrected chi connectivity index (χ4v) is 1.53. The van der Waals surface area contributed by atoms with E-state index in [0.29, 0.717) is 5.39 Å². The average Bonchev–Trinajstić information content (AvgIpc) is 2.46. The van der Waals surface area contributed by atoms with Crippen molar-refractivity contribution in [2.24, 2.45) is 7.05 Å². The van der Waals surface area contributed by atoms with Crippen molar-refractivity contribution in [3.63, 3.8) is 0 Å². The van der Waals surface area contributed by atoms with Crippen molar-refractivity contribution in [3.05, 3.63) is 24.4 Å². The number of hydrogen-bond acceptors (Lipinski definition) is 1. The van der Waals surface area contributed by atoms with Crippen molar-refractivity contribution in [1.82, 2.24) is 9.78 Å². The van der Waals surface area contributed by atoms with Gasteiger partial charge in [0.25, 0.3) is 0 Å². The smallest absolute Gasteiger partial charge is 0.445 e. The normalized spacial score (nSPS) is 12.3. The van der Waals surface area contributed by atoms with E-state index >= 15 is 0 Å². The fraction of sp³-hybridized carbons (Fsp3) is 0.125. The topological polar surface area (TPSA) is 17.8 Å². The lowest BCUT2D eigenvalue weighted by atomic mass is 9.79. The molecule has 0 spiro atoms. The molecule has 0 amide bonds. The maximum atomic E-state index is 12.6. The van der Waals surface area contributed by atoms with Crippen LogP contribution in [0.2, 0.25) is 0 Å². The molecule has 2 rings (SSSR count). The molecular weight excluding hydrogens is 192 g/mol. The van der Waals surface area contributed by atoms with Gasteiger partial charge in [-0.05, 0) is 0 Å². The second kappa shape index (κ2) is 2.77. The number of benzene rings is 1. The summed E-state index contributed by atoms with van der Waals surface area (Å²) in [5.74, 6) is 0. The molecule has 1 heterocycles. The van der Waals surface area contributed by atoms with E-state index in [2.05, 4.69) is 5.10 Å². The standard InChI is InChI=1S/C8H7BF3N2/c1-14-8-6(5-13-14)3-2-4-7(8)9(10,11)12/h2-5H,1H3/q-1. The molecule has 14 heavy (non-hydrogen) atoms. The summed E-state index contributed by atoms with van der Waals surface area (Å²) in [5, 5.41) is 4.31. The van der Waals surface area contributed by atoms with Crippen LogP contribution >= 0.6 is 0 Å². The first-order valence-electron chi connectivity index (χ1n) is 4.11. The van der Waals surface area contributed by atoms with Crippen LogP contribution < -0.4 is 5.46 Å². The van der Waals surface area contributed by atoms with Gasteiger partial charge >= 0.3 is 6.98 Å². The van der Waals surface area contributed by atoms with Crippen LogP contribution in [0.1, 0.15) is 0 Å². The predicted octanol–water partition coefficient (Wildman–Crippen LogP) is 1.63. The predicted molar refractivity (Wildman–Crippen MR) is 49.4 cm³/mol. The minimum Gasteiger partial charge on any atom is -0.445 e. The molecular formula is C8H7BF3N2-. The molecule has 0 saturated carbocycles. The van der Waals surface area contributed by atoms with E-state index in [4.69, 9.17) is 0 Å². The van der Waals surface area contributed by atoms with Crippen LogP contribution in [0, 0.1) is 0 Å². The van der Waals surface area contributed by atoms with Crippen LogP contribution in [0.4, 0.5) is 12.9 Å². The van der Waals surface area contributed by atoms with Gasteiger partial charge in [-0.25, -0.2) is 0 Å². The Hall–Kier alpha value is -1.46. The summed E-state index contributed by atoms with van der Waals surface area (Å²) < 4.78 is 39.0. The molecule has 0 fully saturated rings. The summed E-state index contributed by atoms with van der Waals surface area (Å²) in [6, 6.07) is 4.10. The van der Waals surface area contributed by atoms with Crippen LogP contribution in [0.15, 0.2) is 24.4 Å². The first-order valence-corrected chi connectivity index (χ1v) is 4.11. The highest BCUT2D eigenvalue weighted by molar-refractivity contribution is 6.75. The van der Waals surface area contributed by atoms with Crippen molar-refractivity contribution >= 4 is 23.3 Å². The van der Waals surface area contributed by atoms with E-state index in [-0.39, 0.29) is 5.52 Å². The molecule has 0 atom stereocenters. The average molecular weight is 199 g/mol. The Bertz CT molecular complexity index is 475. The van der Waals surface area contributed by atoms with Crippen molar-refractivity contribution < 1.29 is 12.9 Å². The van der Waals surface area contributed by atoms with Gasteiger partial charge in [-0.2, -0.15) is 5.10 Å². The lowest BCUT2D eigenvalue weighted by molar-refractivity contribution is 0.501. The lowest BCUT2D eigenvalue weighted by Gasteiger charge is -2.16. The third-order valence-electron chi connectivity index (χ3n) is 2.14. The summed E-state index contributed by atoms with van der Waals surface area (Å²) in [6.07, 6.45) is 1.43. The Morgan fingerprint density at radius 1 is 1.29 bits per heavy atom. The quantitative estimate of drug-likeness (QED) is 0.638. The molecule has 1 aromatic carbocycles.